The van der Waals surface area contributed by atoms with Gasteiger partial charge in [0, 0.05) is 17.5 Å². The number of carbonyl (C=O) groups excluding carboxylic acids is 1. The number of nitrogens with zero attached hydrogens (tertiary/aromatic N) is 1. The number of hydrogen-bond acceptors (Lipinski definition) is 5. The van der Waals surface area contributed by atoms with Gasteiger partial charge in [-0.05, 0) is 20.8 Å². The highest BCUT2D eigenvalue weighted by Crippen LogP contribution is 2.24. The minimum absolute atomic E-state index is 0.128. The van der Waals surface area contributed by atoms with Crippen LogP contribution in [0.15, 0.2) is 0 Å². The molecule has 0 fully saturated rings. The van der Waals surface area contributed by atoms with Crippen molar-refractivity contribution in [3.63, 3.8) is 0 Å². The van der Waals surface area contributed by atoms with Crippen LogP contribution in [0.4, 0.5) is 0 Å². The van der Waals surface area contributed by atoms with E-state index in [0.29, 0.717) is 6.54 Å². The zero-order valence-electron chi connectivity index (χ0n) is 11.0. The van der Waals surface area contributed by atoms with Crippen LogP contribution in [0.3, 0.4) is 0 Å². The van der Waals surface area contributed by atoms with E-state index in [0.717, 1.165) is 10.7 Å². The molecule has 0 aliphatic rings. The third-order valence-corrected chi connectivity index (χ3v) is 3.92. The van der Waals surface area contributed by atoms with Gasteiger partial charge in [0.1, 0.15) is 0 Å². The number of hydrogen-bond donors (Lipinski definition) is 1. The number of ether oxygens (including phenoxy) is 1. The van der Waals surface area contributed by atoms with Gasteiger partial charge in [0.15, 0.2) is 0 Å². The maximum absolute atomic E-state index is 11.3. The molecule has 1 N–H and O–H groups in total. The van der Waals surface area contributed by atoms with Gasteiger partial charge in [-0.15, -0.1) is 11.3 Å². The number of esters is 1. The van der Waals surface area contributed by atoms with E-state index in [4.69, 9.17) is 0 Å². The first-order valence-electron chi connectivity index (χ1n) is 5.70. The lowest BCUT2D eigenvalue weighted by Gasteiger charge is -2.15. The Kier molecular flexibility index (Phi) is 5.08. The summed E-state index contributed by atoms with van der Waals surface area (Å²) in [5.41, 5.74) is 1.07. The molecule has 0 aliphatic heterocycles. The smallest absolute Gasteiger partial charge is 0.309 e. The van der Waals surface area contributed by atoms with Crippen LogP contribution >= 0.6 is 11.3 Å². The Bertz CT molecular complexity index is 390. The summed E-state index contributed by atoms with van der Waals surface area (Å²) < 4.78 is 4.69. The topological polar surface area (TPSA) is 51.2 Å². The second-order valence-corrected chi connectivity index (χ2v) is 5.47. The third kappa shape index (κ3) is 3.78. The van der Waals surface area contributed by atoms with Gasteiger partial charge in [-0.3, -0.25) is 4.79 Å². The molecule has 2 unspecified atom stereocenters. The number of aryl methyl sites for hydroxylation is 2. The van der Waals surface area contributed by atoms with Gasteiger partial charge in [0.25, 0.3) is 0 Å². The van der Waals surface area contributed by atoms with E-state index in [1.807, 2.05) is 20.8 Å². The molecule has 96 valence electrons. The molecular formula is C12H20N2O2S. The standard InChI is InChI=1S/C12H20N2O2S/c1-7(12(15)16-5)6-13-8(2)11-9(3)14-10(4)17-11/h7-8,13H,6H2,1-5H3. The zero-order chi connectivity index (χ0) is 13.0. The highest BCUT2D eigenvalue weighted by atomic mass is 32.1. The normalized spacial score (nSPS) is 14.4. The van der Waals surface area contributed by atoms with Gasteiger partial charge in [-0.25, -0.2) is 4.98 Å². The molecule has 1 rings (SSSR count). The minimum atomic E-state index is -0.179. The van der Waals surface area contributed by atoms with Crippen molar-refractivity contribution in [1.29, 1.82) is 0 Å². The van der Waals surface area contributed by atoms with Gasteiger partial charge >= 0.3 is 5.97 Å². The van der Waals surface area contributed by atoms with E-state index < -0.39 is 0 Å². The van der Waals surface area contributed by atoms with E-state index in [9.17, 15) is 4.79 Å². The van der Waals surface area contributed by atoms with Crippen molar-refractivity contribution in [3.8, 4) is 0 Å². The summed E-state index contributed by atoms with van der Waals surface area (Å²) >= 11 is 1.70. The largest absolute Gasteiger partial charge is 0.469 e. The molecule has 0 amide bonds. The van der Waals surface area contributed by atoms with Crippen LogP contribution < -0.4 is 5.32 Å². The monoisotopic (exact) mass is 256 g/mol. The number of nitrogens with one attached hydrogen (secondary N) is 1. The van der Waals surface area contributed by atoms with Crippen LogP contribution in [0, 0.1) is 19.8 Å². The summed E-state index contributed by atoms with van der Waals surface area (Å²) in [6, 6.07) is 0.216. The lowest BCUT2D eigenvalue weighted by Crippen LogP contribution is -2.29. The quantitative estimate of drug-likeness (QED) is 0.821. The molecule has 1 aromatic rings. The molecule has 0 radical (unpaired) electrons. The molecule has 2 atom stereocenters. The average molecular weight is 256 g/mol. The highest BCUT2D eigenvalue weighted by Gasteiger charge is 2.17. The van der Waals surface area contributed by atoms with E-state index in [1.54, 1.807) is 11.3 Å². The Hall–Kier alpha value is -0.940. The van der Waals surface area contributed by atoms with Gasteiger partial charge in [-0.1, -0.05) is 6.92 Å². The van der Waals surface area contributed by atoms with Crippen LogP contribution in [0.1, 0.15) is 35.5 Å². The van der Waals surface area contributed by atoms with Gasteiger partial charge in [0.05, 0.1) is 23.7 Å². The molecule has 1 heterocycles. The molecule has 0 saturated heterocycles. The first-order chi connectivity index (χ1) is 7.95. The van der Waals surface area contributed by atoms with E-state index >= 15 is 0 Å². The molecule has 0 aromatic carbocycles. The zero-order valence-corrected chi connectivity index (χ0v) is 11.9. The Labute approximate surface area is 106 Å². The van der Waals surface area contributed by atoms with Crippen molar-refractivity contribution >= 4 is 17.3 Å². The lowest BCUT2D eigenvalue weighted by molar-refractivity contribution is -0.144. The summed E-state index contributed by atoms with van der Waals surface area (Å²) in [4.78, 5) is 16.9. The first-order valence-corrected chi connectivity index (χ1v) is 6.52. The summed E-state index contributed by atoms with van der Waals surface area (Å²) in [6.07, 6.45) is 0. The molecule has 4 nitrogen and oxygen atoms in total. The SMILES string of the molecule is COC(=O)C(C)CNC(C)c1sc(C)nc1C. The molecule has 17 heavy (non-hydrogen) atoms. The predicted molar refractivity (Wildman–Crippen MR) is 69.2 cm³/mol. The first kappa shape index (κ1) is 14.1. The fraction of sp³-hybridized carbons (Fsp3) is 0.667. The highest BCUT2D eigenvalue weighted by molar-refractivity contribution is 7.11. The molecule has 5 heteroatoms. The lowest BCUT2D eigenvalue weighted by atomic mass is 10.1. The maximum atomic E-state index is 11.3. The van der Waals surface area contributed by atoms with E-state index in [1.165, 1.54) is 12.0 Å². The van der Waals surface area contributed by atoms with Crippen LogP contribution in [0.5, 0.6) is 0 Å². The molecule has 1 aromatic heterocycles. The van der Waals surface area contributed by atoms with Gasteiger partial charge < -0.3 is 10.1 Å². The molecule has 0 saturated carbocycles. The number of rotatable bonds is 5. The predicted octanol–water partition coefficient (Wildman–Crippen LogP) is 2.22. The fourth-order valence-corrected chi connectivity index (χ4v) is 2.63. The fourth-order valence-electron chi connectivity index (χ4n) is 1.68. The Balaban J connectivity index is 2.53. The summed E-state index contributed by atoms with van der Waals surface area (Å²) in [7, 11) is 1.42. The Morgan fingerprint density at radius 2 is 2.12 bits per heavy atom. The Morgan fingerprint density at radius 1 is 1.47 bits per heavy atom. The molecular weight excluding hydrogens is 236 g/mol. The van der Waals surface area contributed by atoms with Crippen molar-refractivity contribution in [2.45, 2.75) is 33.7 Å². The van der Waals surface area contributed by atoms with Crippen LogP contribution in [-0.2, 0) is 9.53 Å². The van der Waals surface area contributed by atoms with E-state index in [2.05, 4.69) is 22.0 Å². The van der Waals surface area contributed by atoms with E-state index in [-0.39, 0.29) is 17.9 Å². The summed E-state index contributed by atoms with van der Waals surface area (Å²) in [5, 5.41) is 4.41. The molecule has 0 aliphatic carbocycles. The van der Waals surface area contributed by atoms with Crippen molar-refractivity contribution < 1.29 is 9.53 Å². The van der Waals surface area contributed by atoms with Crippen LogP contribution in [0.2, 0.25) is 0 Å². The summed E-state index contributed by atoms with van der Waals surface area (Å²) in [5.74, 6) is -0.307. The summed E-state index contributed by atoms with van der Waals surface area (Å²) in [6.45, 7) is 8.58. The third-order valence-electron chi connectivity index (χ3n) is 2.67. The van der Waals surface area contributed by atoms with Crippen LogP contribution in [-0.4, -0.2) is 24.6 Å². The maximum Gasteiger partial charge on any atom is 0.309 e. The second-order valence-electron chi connectivity index (χ2n) is 4.24. The number of carbonyl (C=O) groups is 1. The number of aromatic nitrogens is 1. The van der Waals surface area contributed by atoms with Gasteiger partial charge in [0.2, 0.25) is 0 Å². The van der Waals surface area contributed by atoms with Gasteiger partial charge in [-0.2, -0.15) is 0 Å². The minimum Gasteiger partial charge on any atom is -0.469 e. The second kappa shape index (κ2) is 6.12. The Morgan fingerprint density at radius 3 is 2.59 bits per heavy atom. The average Bonchev–Trinajstić information content (AvgIpc) is 2.63. The van der Waals surface area contributed by atoms with Crippen molar-refractivity contribution in [1.82, 2.24) is 10.3 Å². The molecule has 0 bridgehead atoms. The van der Waals surface area contributed by atoms with Crippen molar-refractivity contribution in [2.75, 3.05) is 13.7 Å². The van der Waals surface area contributed by atoms with Crippen molar-refractivity contribution in [3.05, 3.63) is 15.6 Å². The number of thiazole rings is 1. The number of methoxy groups -OCH3 is 1. The van der Waals surface area contributed by atoms with Crippen LogP contribution in [0.25, 0.3) is 0 Å². The molecule has 0 spiro atoms. The van der Waals surface area contributed by atoms with Crippen molar-refractivity contribution in [2.24, 2.45) is 5.92 Å².